The Morgan fingerprint density at radius 3 is 2.88 bits per heavy atom. The van der Waals surface area contributed by atoms with Crippen LogP contribution >= 0.6 is 11.8 Å². The average Bonchev–Trinajstić information content (AvgIpc) is 2.79. The molecule has 1 unspecified atom stereocenters. The molecule has 1 saturated heterocycles. The molecule has 1 atom stereocenters. The van der Waals surface area contributed by atoms with Gasteiger partial charge < -0.3 is 0 Å². The highest BCUT2D eigenvalue weighted by atomic mass is 32.2. The number of para-hydroxylation sites is 1. The van der Waals surface area contributed by atoms with Crippen LogP contribution in [0.4, 0.5) is 5.69 Å². The summed E-state index contributed by atoms with van der Waals surface area (Å²) in [5, 5.41) is 20.2. The number of nitro groups is 1. The molecule has 1 aliphatic heterocycles. The van der Waals surface area contributed by atoms with Crippen LogP contribution in [0.25, 0.3) is 0 Å². The second-order valence-corrected chi connectivity index (χ2v) is 5.60. The highest BCUT2D eigenvalue weighted by Gasteiger charge is 2.36. The molecule has 0 amide bonds. The highest BCUT2D eigenvalue weighted by Crippen LogP contribution is 2.41. The predicted octanol–water partition coefficient (Wildman–Crippen LogP) is 2.93. The van der Waals surface area contributed by atoms with E-state index in [9.17, 15) is 15.4 Å². The first-order valence-electron chi connectivity index (χ1n) is 5.44. The smallest absolute Gasteiger partial charge is 0.258 e. The van der Waals surface area contributed by atoms with E-state index >= 15 is 0 Å². The van der Waals surface area contributed by atoms with E-state index < -0.39 is 4.75 Å². The van der Waals surface area contributed by atoms with E-state index in [0.29, 0.717) is 12.0 Å². The Bertz CT molecular complexity index is 476. The number of rotatable bonds is 3. The standard InChI is InChI=1S/C12H12N2O2S/c13-9-12(6-3-7-17-12)8-10-4-1-2-5-11(10)14(15)16/h1-2,4-5H,3,6-8H2. The van der Waals surface area contributed by atoms with Crippen LogP contribution in [0.3, 0.4) is 0 Å². The molecular formula is C12H12N2O2S. The molecule has 0 N–H and O–H groups in total. The predicted molar refractivity (Wildman–Crippen MR) is 66.8 cm³/mol. The molecule has 1 fully saturated rings. The maximum absolute atomic E-state index is 10.9. The molecule has 0 aliphatic carbocycles. The minimum absolute atomic E-state index is 0.120. The van der Waals surface area contributed by atoms with Crippen LogP contribution in [0.5, 0.6) is 0 Å². The molecule has 88 valence electrons. The molecule has 1 aromatic carbocycles. The molecule has 0 saturated carbocycles. The van der Waals surface area contributed by atoms with Crippen molar-refractivity contribution >= 4 is 17.4 Å². The van der Waals surface area contributed by atoms with Crippen LogP contribution in [0.1, 0.15) is 18.4 Å². The quantitative estimate of drug-likeness (QED) is 0.609. The maximum atomic E-state index is 10.9. The van der Waals surface area contributed by atoms with E-state index in [1.807, 2.05) is 0 Å². The molecule has 5 heteroatoms. The fraction of sp³-hybridized carbons (Fsp3) is 0.417. The highest BCUT2D eigenvalue weighted by molar-refractivity contribution is 8.01. The molecule has 1 aliphatic rings. The van der Waals surface area contributed by atoms with Crippen LogP contribution in [0.2, 0.25) is 0 Å². The lowest BCUT2D eigenvalue weighted by Crippen LogP contribution is -2.22. The molecule has 0 bridgehead atoms. The number of benzene rings is 1. The van der Waals surface area contributed by atoms with Crippen molar-refractivity contribution in [3.63, 3.8) is 0 Å². The minimum Gasteiger partial charge on any atom is -0.258 e. The van der Waals surface area contributed by atoms with Gasteiger partial charge in [0.25, 0.3) is 5.69 Å². The first-order valence-corrected chi connectivity index (χ1v) is 6.43. The largest absolute Gasteiger partial charge is 0.272 e. The monoisotopic (exact) mass is 248 g/mol. The van der Waals surface area contributed by atoms with Crippen LogP contribution in [0, 0.1) is 21.4 Å². The van der Waals surface area contributed by atoms with Crippen molar-refractivity contribution in [3.8, 4) is 6.07 Å². The van der Waals surface area contributed by atoms with E-state index in [4.69, 9.17) is 0 Å². The van der Waals surface area contributed by atoms with Crippen LogP contribution in [-0.2, 0) is 6.42 Å². The number of nitriles is 1. The van der Waals surface area contributed by atoms with Crippen LogP contribution < -0.4 is 0 Å². The van der Waals surface area contributed by atoms with Gasteiger partial charge in [-0.2, -0.15) is 5.26 Å². The second-order valence-electron chi connectivity index (χ2n) is 4.12. The van der Waals surface area contributed by atoms with Gasteiger partial charge in [0.15, 0.2) is 0 Å². The number of hydrogen-bond acceptors (Lipinski definition) is 4. The van der Waals surface area contributed by atoms with E-state index in [1.54, 1.807) is 30.0 Å². The lowest BCUT2D eigenvalue weighted by molar-refractivity contribution is -0.385. The van der Waals surface area contributed by atoms with E-state index in [1.165, 1.54) is 6.07 Å². The van der Waals surface area contributed by atoms with Crippen molar-refractivity contribution in [3.05, 3.63) is 39.9 Å². The van der Waals surface area contributed by atoms with Gasteiger partial charge in [-0.1, -0.05) is 18.2 Å². The number of nitrogens with zero attached hydrogens (tertiary/aromatic N) is 2. The molecule has 2 rings (SSSR count). The zero-order valence-corrected chi connectivity index (χ0v) is 10.1. The molecule has 0 radical (unpaired) electrons. The number of nitro benzene ring substituents is 1. The van der Waals surface area contributed by atoms with Gasteiger partial charge in [-0.25, -0.2) is 0 Å². The average molecular weight is 248 g/mol. The Morgan fingerprint density at radius 1 is 1.53 bits per heavy atom. The van der Waals surface area contributed by atoms with E-state index in [0.717, 1.165) is 18.6 Å². The zero-order chi connectivity index (χ0) is 12.3. The second kappa shape index (κ2) is 4.76. The molecule has 1 aromatic rings. The van der Waals surface area contributed by atoms with Crippen molar-refractivity contribution in [2.75, 3.05) is 5.75 Å². The topological polar surface area (TPSA) is 66.9 Å². The Balaban J connectivity index is 2.30. The Labute approximate surface area is 104 Å². The summed E-state index contributed by atoms with van der Waals surface area (Å²) in [5.41, 5.74) is 0.781. The van der Waals surface area contributed by atoms with Gasteiger partial charge in [-0.05, 0) is 18.6 Å². The van der Waals surface area contributed by atoms with Crippen molar-refractivity contribution in [1.82, 2.24) is 0 Å². The maximum Gasteiger partial charge on any atom is 0.272 e. The van der Waals surface area contributed by atoms with Gasteiger partial charge >= 0.3 is 0 Å². The SMILES string of the molecule is N#CC1(Cc2ccccc2[N+](=O)[O-])CCCS1. The van der Waals surface area contributed by atoms with Crippen LogP contribution in [0.15, 0.2) is 24.3 Å². The number of hydrogen-bond donors (Lipinski definition) is 0. The Kier molecular flexibility index (Phi) is 3.34. The van der Waals surface area contributed by atoms with Crippen molar-refractivity contribution < 1.29 is 4.92 Å². The van der Waals surface area contributed by atoms with Gasteiger partial charge in [-0.3, -0.25) is 10.1 Å². The fourth-order valence-corrected chi connectivity index (χ4v) is 3.40. The Morgan fingerprint density at radius 2 is 2.29 bits per heavy atom. The molecule has 4 nitrogen and oxygen atoms in total. The first-order chi connectivity index (χ1) is 8.17. The van der Waals surface area contributed by atoms with Gasteiger partial charge in [0.05, 0.1) is 11.0 Å². The minimum atomic E-state index is -0.466. The molecular weight excluding hydrogens is 236 g/mol. The van der Waals surface area contributed by atoms with Crippen molar-refractivity contribution in [1.29, 1.82) is 5.26 Å². The summed E-state index contributed by atoms with van der Waals surface area (Å²) < 4.78 is -0.466. The third-order valence-corrected chi connectivity index (χ3v) is 4.46. The summed E-state index contributed by atoms with van der Waals surface area (Å²) in [6.07, 6.45) is 2.30. The molecule has 0 aromatic heterocycles. The third-order valence-electron chi connectivity index (χ3n) is 2.97. The lowest BCUT2D eigenvalue weighted by Gasteiger charge is -2.18. The van der Waals surface area contributed by atoms with Crippen molar-refractivity contribution in [2.24, 2.45) is 0 Å². The Hall–Kier alpha value is -1.54. The number of thioether (sulfide) groups is 1. The summed E-state index contributed by atoms with van der Waals surface area (Å²) >= 11 is 1.62. The van der Waals surface area contributed by atoms with Gasteiger partial charge in [0.2, 0.25) is 0 Å². The summed E-state index contributed by atoms with van der Waals surface area (Å²) in [6, 6.07) is 9.02. The van der Waals surface area contributed by atoms with E-state index in [-0.39, 0.29) is 10.6 Å². The molecule has 1 heterocycles. The summed E-state index contributed by atoms with van der Waals surface area (Å²) in [7, 11) is 0. The molecule has 17 heavy (non-hydrogen) atoms. The van der Waals surface area contributed by atoms with E-state index in [2.05, 4.69) is 6.07 Å². The third kappa shape index (κ3) is 2.42. The normalized spacial score (nSPS) is 23.2. The van der Waals surface area contributed by atoms with Gasteiger partial charge in [0.1, 0.15) is 4.75 Å². The van der Waals surface area contributed by atoms with Gasteiger partial charge in [-0.15, -0.1) is 11.8 Å². The fourth-order valence-electron chi connectivity index (χ4n) is 2.11. The first kappa shape index (κ1) is 11.9. The summed E-state index contributed by atoms with van der Waals surface area (Å²) in [6.45, 7) is 0. The summed E-state index contributed by atoms with van der Waals surface area (Å²) in [5.74, 6) is 0.966. The summed E-state index contributed by atoms with van der Waals surface area (Å²) in [4.78, 5) is 10.5. The zero-order valence-electron chi connectivity index (χ0n) is 9.26. The van der Waals surface area contributed by atoms with Crippen LogP contribution in [-0.4, -0.2) is 15.4 Å². The van der Waals surface area contributed by atoms with Crippen molar-refractivity contribution in [2.45, 2.75) is 24.0 Å². The van der Waals surface area contributed by atoms with Gasteiger partial charge in [0, 0.05) is 18.1 Å². The molecule has 0 spiro atoms. The lowest BCUT2D eigenvalue weighted by atomic mass is 9.95.